The third kappa shape index (κ3) is 5.49. The highest BCUT2D eigenvalue weighted by Crippen LogP contribution is 2.33. The van der Waals surface area contributed by atoms with Gasteiger partial charge in [-0.05, 0) is 12.1 Å². The molecular weight excluding hydrogens is 417 g/mol. The molecule has 0 bridgehead atoms. The maximum atomic E-state index is 13.0. The van der Waals surface area contributed by atoms with Gasteiger partial charge < -0.3 is 20.4 Å². The van der Waals surface area contributed by atoms with Crippen molar-refractivity contribution in [3.8, 4) is 0 Å². The maximum absolute atomic E-state index is 13.0. The summed E-state index contributed by atoms with van der Waals surface area (Å²) in [6.45, 7) is 5.88. The molecule has 0 amide bonds. The van der Waals surface area contributed by atoms with Crippen LogP contribution < -0.4 is 15.5 Å². The lowest BCUT2D eigenvalue weighted by Gasteiger charge is -2.36. The number of aryl methyl sites for hydroxylation is 1. The van der Waals surface area contributed by atoms with Crippen LogP contribution in [-0.4, -0.2) is 71.5 Å². The summed E-state index contributed by atoms with van der Waals surface area (Å²) < 4.78 is 43.4. The van der Waals surface area contributed by atoms with Crippen LogP contribution in [0, 0.1) is 0 Å². The quantitative estimate of drug-likeness (QED) is 0.404. The van der Waals surface area contributed by atoms with Crippen molar-refractivity contribution in [3.63, 3.8) is 0 Å². The average Bonchev–Trinajstić information content (AvgIpc) is 3.23. The zero-order chi connectivity index (χ0) is 21.6. The van der Waals surface area contributed by atoms with Crippen molar-refractivity contribution >= 4 is 28.4 Å². The van der Waals surface area contributed by atoms with E-state index >= 15 is 0 Å². The third-order valence-electron chi connectivity index (χ3n) is 4.65. The molecule has 30 heavy (non-hydrogen) atoms. The summed E-state index contributed by atoms with van der Waals surface area (Å²) >= 11 is 1.42. The van der Waals surface area contributed by atoms with Gasteiger partial charge in [-0.2, -0.15) is 17.5 Å². The molecule has 2 aromatic rings. The van der Waals surface area contributed by atoms with Crippen LogP contribution >= 0.6 is 11.5 Å². The molecule has 3 heterocycles. The summed E-state index contributed by atoms with van der Waals surface area (Å²) in [6.07, 6.45) is -2.28. The standard InChI is InChI=1S/C18H25F3N8S/c1-3-14-26-17(30-27-14)29-11-9-28(10-12-29)16(22-2)25-8-7-24-15-13(18(19,20)21)5-4-6-23-15/h4-6H,3,7-12H2,1-2H3,(H,22,25)(H,23,24). The smallest absolute Gasteiger partial charge is 0.368 e. The molecule has 1 saturated heterocycles. The first-order chi connectivity index (χ1) is 14.4. The minimum Gasteiger partial charge on any atom is -0.368 e. The normalized spacial score (nSPS) is 15.4. The largest absolute Gasteiger partial charge is 0.419 e. The van der Waals surface area contributed by atoms with Gasteiger partial charge >= 0.3 is 6.18 Å². The van der Waals surface area contributed by atoms with Crippen molar-refractivity contribution in [1.82, 2.24) is 24.6 Å². The Morgan fingerprint density at radius 3 is 2.63 bits per heavy atom. The molecule has 0 atom stereocenters. The number of aromatic nitrogens is 3. The van der Waals surface area contributed by atoms with Crippen LogP contribution in [0.2, 0.25) is 0 Å². The molecule has 2 aromatic heterocycles. The molecule has 0 spiro atoms. The number of piperazine rings is 1. The van der Waals surface area contributed by atoms with E-state index < -0.39 is 11.7 Å². The van der Waals surface area contributed by atoms with E-state index in [-0.39, 0.29) is 12.4 Å². The molecule has 0 aliphatic carbocycles. The zero-order valence-electron chi connectivity index (χ0n) is 16.9. The molecular formula is C18H25F3N8S. The third-order valence-corrected chi connectivity index (χ3v) is 5.46. The van der Waals surface area contributed by atoms with Crippen LogP contribution in [0.25, 0.3) is 0 Å². The number of alkyl halides is 3. The fourth-order valence-electron chi connectivity index (χ4n) is 3.09. The van der Waals surface area contributed by atoms with E-state index in [1.54, 1.807) is 7.05 Å². The molecule has 2 N–H and O–H groups in total. The average molecular weight is 443 g/mol. The van der Waals surface area contributed by atoms with Crippen molar-refractivity contribution in [2.75, 3.05) is 56.5 Å². The molecule has 12 heteroatoms. The minimum absolute atomic E-state index is 0.168. The number of nitrogens with zero attached hydrogens (tertiary/aromatic N) is 6. The summed E-state index contributed by atoms with van der Waals surface area (Å²) in [6, 6.07) is 2.29. The van der Waals surface area contributed by atoms with Gasteiger partial charge in [0.05, 0.1) is 5.56 Å². The van der Waals surface area contributed by atoms with Crippen LogP contribution in [0.3, 0.4) is 0 Å². The highest BCUT2D eigenvalue weighted by atomic mass is 32.1. The fraction of sp³-hybridized carbons (Fsp3) is 0.556. The Bertz CT molecular complexity index is 846. The highest BCUT2D eigenvalue weighted by Gasteiger charge is 2.34. The summed E-state index contributed by atoms with van der Waals surface area (Å²) in [7, 11) is 1.70. The van der Waals surface area contributed by atoms with Gasteiger partial charge in [0.25, 0.3) is 0 Å². The van der Waals surface area contributed by atoms with E-state index in [1.807, 2.05) is 6.92 Å². The Kier molecular flexibility index (Phi) is 7.29. The van der Waals surface area contributed by atoms with E-state index in [0.717, 1.165) is 55.6 Å². The fourth-order valence-corrected chi connectivity index (χ4v) is 3.89. The van der Waals surface area contributed by atoms with Crippen molar-refractivity contribution in [2.24, 2.45) is 4.99 Å². The lowest BCUT2D eigenvalue weighted by molar-refractivity contribution is -0.137. The molecule has 8 nitrogen and oxygen atoms in total. The first-order valence-corrected chi connectivity index (χ1v) is 10.5. The first-order valence-electron chi connectivity index (χ1n) is 9.71. The second kappa shape index (κ2) is 9.92. The number of nitrogens with one attached hydrogen (secondary N) is 2. The highest BCUT2D eigenvalue weighted by molar-refractivity contribution is 7.09. The molecule has 0 radical (unpaired) electrons. The molecule has 164 valence electrons. The molecule has 1 fully saturated rings. The van der Waals surface area contributed by atoms with Crippen molar-refractivity contribution in [2.45, 2.75) is 19.5 Å². The second-order valence-corrected chi connectivity index (χ2v) is 7.35. The SMILES string of the molecule is CCc1nsc(N2CCN(C(=NC)NCCNc3ncccc3C(F)(F)F)CC2)n1. The molecule has 1 aliphatic heterocycles. The Labute approximate surface area is 177 Å². The minimum atomic E-state index is -4.44. The first kappa shape index (κ1) is 22.1. The van der Waals surface area contributed by atoms with Gasteiger partial charge in [0.1, 0.15) is 11.6 Å². The maximum Gasteiger partial charge on any atom is 0.419 e. The number of rotatable bonds is 6. The predicted octanol–water partition coefficient (Wildman–Crippen LogP) is 2.32. The van der Waals surface area contributed by atoms with Crippen LogP contribution in [0.5, 0.6) is 0 Å². The molecule has 0 unspecified atom stereocenters. The summed E-state index contributed by atoms with van der Waals surface area (Å²) in [5, 5.41) is 6.88. The topological polar surface area (TPSA) is 81.6 Å². The van der Waals surface area contributed by atoms with E-state index in [1.165, 1.54) is 23.8 Å². The Morgan fingerprint density at radius 2 is 2.00 bits per heavy atom. The number of hydrogen-bond donors (Lipinski definition) is 2. The second-order valence-electron chi connectivity index (χ2n) is 6.62. The van der Waals surface area contributed by atoms with Gasteiger partial charge in [0.15, 0.2) is 5.96 Å². The Morgan fingerprint density at radius 1 is 1.23 bits per heavy atom. The van der Waals surface area contributed by atoms with E-state index in [0.29, 0.717) is 6.54 Å². The van der Waals surface area contributed by atoms with Crippen LogP contribution in [0.1, 0.15) is 18.3 Å². The van der Waals surface area contributed by atoms with Gasteiger partial charge in [-0.1, -0.05) is 6.92 Å². The summed E-state index contributed by atoms with van der Waals surface area (Å²) in [4.78, 5) is 17.0. The van der Waals surface area contributed by atoms with Gasteiger partial charge in [0, 0.05) is 70.5 Å². The number of halogens is 3. The van der Waals surface area contributed by atoms with Gasteiger partial charge in [-0.3, -0.25) is 4.99 Å². The number of pyridine rings is 1. The van der Waals surface area contributed by atoms with E-state index in [4.69, 9.17) is 0 Å². The lowest BCUT2D eigenvalue weighted by atomic mass is 10.2. The van der Waals surface area contributed by atoms with Crippen molar-refractivity contribution < 1.29 is 13.2 Å². The van der Waals surface area contributed by atoms with Gasteiger partial charge in [-0.25, -0.2) is 9.97 Å². The number of hydrogen-bond acceptors (Lipinski definition) is 7. The monoisotopic (exact) mass is 442 g/mol. The van der Waals surface area contributed by atoms with Crippen LogP contribution in [0.15, 0.2) is 23.3 Å². The van der Waals surface area contributed by atoms with Crippen molar-refractivity contribution in [3.05, 3.63) is 29.7 Å². The predicted molar refractivity (Wildman–Crippen MR) is 112 cm³/mol. The zero-order valence-corrected chi connectivity index (χ0v) is 17.7. The van der Waals surface area contributed by atoms with Gasteiger partial charge in [-0.15, -0.1) is 0 Å². The molecule has 0 saturated carbocycles. The van der Waals surface area contributed by atoms with Crippen LogP contribution in [-0.2, 0) is 12.6 Å². The number of guanidine groups is 1. The molecule has 0 aromatic carbocycles. The number of anilines is 2. The Hall–Kier alpha value is -2.63. The van der Waals surface area contributed by atoms with Gasteiger partial charge in [0.2, 0.25) is 5.13 Å². The van der Waals surface area contributed by atoms with Crippen molar-refractivity contribution in [1.29, 1.82) is 0 Å². The molecule has 3 rings (SSSR count). The summed E-state index contributed by atoms with van der Waals surface area (Å²) in [5.41, 5.74) is -0.770. The lowest BCUT2D eigenvalue weighted by Crippen LogP contribution is -2.53. The summed E-state index contributed by atoms with van der Waals surface area (Å²) in [5.74, 6) is 1.42. The molecule has 1 aliphatic rings. The van der Waals surface area contributed by atoms with Crippen LogP contribution in [0.4, 0.5) is 24.1 Å². The van der Waals surface area contributed by atoms with E-state index in [9.17, 15) is 13.2 Å². The Balaban J connectivity index is 1.46. The number of aliphatic imine (C=N–C) groups is 1. The van der Waals surface area contributed by atoms with E-state index in [2.05, 4.69) is 39.8 Å².